The van der Waals surface area contributed by atoms with E-state index in [0.29, 0.717) is 6.42 Å². The normalized spacial score (nSPS) is 31.2. The van der Waals surface area contributed by atoms with Crippen molar-refractivity contribution in [2.75, 3.05) is 5.32 Å². The van der Waals surface area contributed by atoms with Crippen LogP contribution in [0.4, 0.5) is 5.82 Å². The van der Waals surface area contributed by atoms with E-state index in [2.05, 4.69) is 37.4 Å². The lowest BCUT2D eigenvalue weighted by atomic mass is 9.49. The summed E-state index contributed by atoms with van der Waals surface area (Å²) < 4.78 is 1.98. The second-order valence-corrected chi connectivity index (χ2v) is 11.6. The SMILES string of the molecule is Cc1ccc(-n2nc3c(c2NC(=O)CC24CC5CC(CC(C5)C2)C4)CSC3)cc1C. The van der Waals surface area contributed by atoms with Crippen molar-refractivity contribution < 1.29 is 4.79 Å². The Balaban J connectivity index is 1.28. The van der Waals surface area contributed by atoms with Crippen LogP contribution in [0.1, 0.15) is 67.3 Å². The van der Waals surface area contributed by atoms with Gasteiger partial charge in [-0.2, -0.15) is 16.9 Å². The summed E-state index contributed by atoms with van der Waals surface area (Å²) in [5.41, 5.74) is 6.19. The number of thioether (sulfide) groups is 1. The van der Waals surface area contributed by atoms with Gasteiger partial charge in [0.25, 0.3) is 0 Å². The smallest absolute Gasteiger partial charge is 0.226 e. The van der Waals surface area contributed by atoms with Gasteiger partial charge in [-0.15, -0.1) is 0 Å². The van der Waals surface area contributed by atoms with Gasteiger partial charge in [0, 0.05) is 23.5 Å². The van der Waals surface area contributed by atoms with Crippen molar-refractivity contribution in [1.82, 2.24) is 9.78 Å². The van der Waals surface area contributed by atoms with Gasteiger partial charge >= 0.3 is 0 Å². The molecule has 2 aromatic rings. The molecule has 1 aromatic heterocycles. The van der Waals surface area contributed by atoms with Crippen LogP contribution in [0, 0.1) is 37.0 Å². The predicted molar refractivity (Wildman–Crippen MR) is 122 cm³/mol. The molecule has 1 aliphatic heterocycles. The van der Waals surface area contributed by atoms with Gasteiger partial charge in [0.05, 0.1) is 11.4 Å². The molecule has 0 saturated heterocycles. The summed E-state index contributed by atoms with van der Waals surface area (Å²) >= 11 is 1.89. The summed E-state index contributed by atoms with van der Waals surface area (Å²) in [6.45, 7) is 4.27. The highest BCUT2D eigenvalue weighted by Crippen LogP contribution is 2.61. The third kappa shape index (κ3) is 3.12. The Morgan fingerprint density at radius 1 is 1.10 bits per heavy atom. The average Bonchev–Trinajstić information content (AvgIpc) is 3.25. The summed E-state index contributed by atoms with van der Waals surface area (Å²) in [6, 6.07) is 6.44. The molecule has 0 atom stereocenters. The van der Waals surface area contributed by atoms with Crippen molar-refractivity contribution in [3.05, 3.63) is 40.6 Å². The average molecular weight is 422 g/mol. The summed E-state index contributed by atoms with van der Waals surface area (Å²) in [6.07, 6.45) is 8.78. The highest BCUT2D eigenvalue weighted by atomic mass is 32.2. The van der Waals surface area contributed by atoms with Crippen LogP contribution < -0.4 is 5.32 Å². The molecule has 4 nitrogen and oxygen atoms in total. The van der Waals surface area contributed by atoms with Gasteiger partial charge < -0.3 is 5.32 Å². The molecule has 0 spiro atoms. The molecule has 1 N–H and O–H groups in total. The van der Waals surface area contributed by atoms with Crippen molar-refractivity contribution in [3.63, 3.8) is 0 Å². The quantitative estimate of drug-likeness (QED) is 0.680. The molecule has 7 rings (SSSR count). The lowest BCUT2D eigenvalue weighted by Gasteiger charge is -2.56. The molecule has 1 aromatic carbocycles. The highest BCUT2D eigenvalue weighted by Gasteiger charge is 2.51. The van der Waals surface area contributed by atoms with Crippen LogP contribution in [0.25, 0.3) is 5.69 Å². The molecule has 4 bridgehead atoms. The number of benzene rings is 1. The number of fused-ring (bicyclic) bond motifs is 1. The van der Waals surface area contributed by atoms with Gasteiger partial charge in [-0.1, -0.05) is 6.07 Å². The first-order chi connectivity index (χ1) is 14.5. The third-order valence-electron chi connectivity index (χ3n) is 8.25. The van der Waals surface area contributed by atoms with Crippen LogP contribution in [-0.2, 0) is 16.3 Å². The number of nitrogens with one attached hydrogen (secondary N) is 1. The fourth-order valence-corrected chi connectivity index (χ4v) is 8.24. The number of amides is 1. The first kappa shape index (κ1) is 19.0. The first-order valence-corrected chi connectivity index (χ1v) is 12.7. The van der Waals surface area contributed by atoms with Gasteiger partial charge in [-0.3, -0.25) is 4.79 Å². The molecule has 5 aliphatic rings. The lowest BCUT2D eigenvalue weighted by Crippen LogP contribution is -2.47. The number of nitrogens with zero attached hydrogens (tertiary/aromatic N) is 2. The largest absolute Gasteiger partial charge is 0.310 e. The Hall–Kier alpha value is -1.75. The van der Waals surface area contributed by atoms with E-state index in [1.54, 1.807) is 0 Å². The number of carbonyl (C=O) groups excluding carboxylic acids is 1. The minimum Gasteiger partial charge on any atom is -0.310 e. The summed E-state index contributed by atoms with van der Waals surface area (Å²) in [5, 5.41) is 8.24. The minimum atomic E-state index is 0.196. The zero-order valence-corrected chi connectivity index (χ0v) is 18.9. The van der Waals surface area contributed by atoms with E-state index in [9.17, 15) is 4.79 Å². The van der Waals surface area contributed by atoms with Gasteiger partial charge in [-0.05, 0) is 98.8 Å². The van der Waals surface area contributed by atoms with Crippen LogP contribution in [0.15, 0.2) is 18.2 Å². The number of hydrogen-bond donors (Lipinski definition) is 1. The molecular formula is C25H31N3OS. The van der Waals surface area contributed by atoms with Gasteiger partial charge in [0.2, 0.25) is 5.91 Å². The van der Waals surface area contributed by atoms with Crippen LogP contribution >= 0.6 is 11.8 Å². The number of aromatic nitrogens is 2. The Bertz CT molecular complexity index is 988. The number of hydrogen-bond acceptors (Lipinski definition) is 3. The Labute approximate surface area is 183 Å². The topological polar surface area (TPSA) is 46.9 Å². The van der Waals surface area contributed by atoms with E-state index < -0.39 is 0 Å². The molecule has 4 saturated carbocycles. The number of aryl methyl sites for hydroxylation is 2. The molecule has 4 aliphatic carbocycles. The Morgan fingerprint density at radius 3 is 2.47 bits per heavy atom. The fraction of sp³-hybridized carbons (Fsp3) is 0.600. The van der Waals surface area contributed by atoms with Crippen molar-refractivity contribution in [2.24, 2.45) is 23.2 Å². The maximum Gasteiger partial charge on any atom is 0.226 e. The monoisotopic (exact) mass is 421 g/mol. The van der Waals surface area contributed by atoms with Gasteiger partial charge in [-0.25, -0.2) is 4.68 Å². The third-order valence-corrected chi connectivity index (χ3v) is 9.22. The zero-order valence-electron chi connectivity index (χ0n) is 18.0. The van der Waals surface area contributed by atoms with E-state index in [1.165, 1.54) is 55.2 Å². The predicted octanol–water partition coefficient (Wildman–Crippen LogP) is 5.78. The van der Waals surface area contributed by atoms with Crippen molar-refractivity contribution >= 4 is 23.5 Å². The number of carbonyl (C=O) groups is 1. The fourth-order valence-electron chi connectivity index (χ4n) is 7.21. The minimum absolute atomic E-state index is 0.196. The zero-order chi connectivity index (χ0) is 20.5. The Kier molecular flexibility index (Phi) is 4.35. The maximum atomic E-state index is 13.3. The van der Waals surface area contributed by atoms with Gasteiger partial charge in [0.15, 0.2) is 0 Å². The van der Waals surface area contributed by atoms with E-state index in [4.69, 9.17) is 5.10 Å². The van der Waals surface area contributed by atoms with Crippen molar-refractivity contribution in [1.29, 1.82) is 0 Å². The Morgan fingerprint density at radius 2 is 1.80 bits per heavy atom. The lowest BCUT2D eigenvalue weighted by molar-refractivity contribution is -0.124. The summed E-state index contributed by atoms with van der Waals surface area (Å²) in [4.78, 5) is 13.3. The number of anilines is 1. The second kappa shape index (κ2) is 6.88. The van der Waals surface area contributed by atoms with E-state index >= 15 is 0 Å². The molecule has 158 valence electrons. The standard InChI is InChI=1S/C25H31N3OS/c1-15-3-4-20(5-16(15)2)28-24(21-13-30-14-22(21)27-28)26-23(29)12-25-9-17-6-18(10-25)8-19(7-17)11-25/h3-5,17-19H,6-14H2,1-2H3,(H,26,29). The molecule has 1 amide bonds. The van der Waals surface area contributed by atoms with E-state index in [-0.39, 0.29) is 11.3 Å². The molecule has 0 unspecified atom stereocenters. The highest BCUT2D eigenvalue weighted by molar-refractivity contribution is 7.98. The summed E-state index contributed by atoms with van der Waals surface area (Å²) in [5.74, 6) is 5.62. The molecule has 5 heteroatoms. The van der Waals surface area contributed by atoms with Crippen LogP contribution in [0.2, 0.25) is 0 Å². The van der Waals surface area contributed by atoms with Gasteiger partial charge in [0.1, 0.15) is 5.82 Å². The van der Waals surface area contributed by atoms with Crippen LogP contribution in [-0.4, -0.2) is 15.7 Å². The van der Waals surface area contributed by atoms with Crippen molar-refractivity contribution in [2.45, 2.75) is 70.3 Å². The summed E-state index contributed by atoms with van der Waals surface area (Å²) in [7, 11) is 0. The second-order valence-electron chi connectivity index (χ2n) is 10.6. The van der Waals surface area contributed by atoms with E-state index in [0.717, 1.165) is 46.5 Å². The van der Waals surface area contributed by atoms with E-state index in [1.807, 2.05) is 16.4 Å². The van der Waals surface area contributed by atoms with Crippen LogP contribution in [0.3, 0.4) is 0 Å². The molecule has 30 heavy (non-hydrogen) atoms. The molecule has 4 fully saturated rings. The molecule has 2 heterocycles. The maximum absolute atomic E-state index is 13.3. The van der Waals surface area contributed by atoms with Crippen molar-refractivity contribution in [3.8, 4) is 5.69 Å². The molecular weight excluding hydrogens is 390 g/mol. The van der Waals surface area contributed by atoms with Crippen LogP contribution in [0.5, 0.6) is 0 Å². The molecule has 0 radical (unpaired) electrons. The number of rotatable bonds is 4. The first-order valence-electron chi connectivity index (χ1n) is 11.5.